The van der Waals surface area contributed by atoms with Crippen molar-refractivity contribution in [1.29, 1.82) is 0 Å². The van der Waals surface area contributed by atoms with Crippen LogP contribution in [0.25, 0.3) is 22.1 Å². The molecule has 0 fully saturated rings. The number of aliphatic hydroxyl groups excluding tert-OH is 1. The van der Waals surface area contributed by atoms with Crippen molar-refractivity contribution in [2.75, 3.05) is 0 Å². The summed E-state index contributed by atoms with van der Waals surface area (Å²) in [5.41, 5.74) is -4.19. The van der Waals surface area contributed by atoms with Gasteiger partial charge in [-0.2, -0.15) is 0 Å². The first-order valence-electron chi connectivity index (χ1n) is 17.8. The molecule has 0 radical (unpaired) electrons. The summed E-state index contributed by atoms with van der Waals surface area (Å²) in [6, 6.07) is 2.70. The zero-order chi connectivity index (χ0) is 39.1. The Balaban J connectivity index is 1.98. The first-order valence-corrected chi connectivity index (χ1v) is 17.8. The fourth-order valence-corrected chi connectivity index (χ4v) is 6.95. The van der Waals surface area contributed by atoms with Gasteiger partial charge in [0.05, 0.1) is 40.5 Å². The molecule has 7 N–H and O–H groups in total. The second kappa shape index (κ2) is 17.2. The van der Waals surface area contributed by atoms with E-state index in [-0.39, 0.29) is 24.0 Å². The third kappa shape index (κ3) is 8.34. The predicted octanol–water partition coefficient (Wildman–Crippen LogP) is 7.19. The predicted molar refractivity (Wildman–Crippen MR) is 194 cm³/mol. The van der Waals surface area contributed by atoms with E-state index >= 15 is 0 Å². The lowest BCUT2D eigenvalue weighted by molar-refractivity contribution is -0.137. The molecule has 282 valence electrons. The quantitative estimate of drug-likeness (QED) is 0.0367. The van der Waals surface area contributed by atoms with E-state index in [0.717, 1.165) is 50.7 Å². The van der Waals surface area contributed by atoms with E-state index in [1.54, 1.807) is 0 Å². The van der Waals surface area contributed by atoms with Crippen molar-refractivity contribution in [3.8, 4) is 23.0 Å². The maximum Gasteiger partial charge on any atom is 0.307 e. The minimum Gasteiger partial charge on any atom is -0.507 e. The van der Waals surface area contributed by atoms with E-state index in [0.29, 0.717) is 31.7 Å². The van der Waals surface area contributed by atoms with Crippen LogP contribution < -0.4 is 0 Å². The van der Waals surface area contributed by atoms with Gasteiger partial charge in [-0.15, -0.1) is 0 Å². The SMILES string of the molecule is CCCCCCCC(=O)c1c(CC(=O)O)cc2c(c1O)C(O)=C(c1c(O)cc(O)c3c(O)c(C(=O)CCCCCCC)c(CC(=O)O)cc13)C(=O)C2=O. The number of rotatable bonds is 19. The number of ketones is 4. The Morgan fingerprint density at radius 1 is 0.566 bits per heavy atom. The molecular weight excluding hydrogens is 688 g/mol. The number of carbonyl (C=O) groups is 6. The van der Waals surface area contributed by atoms with Gasteiger partial charge in [0.25, 0.3) is 0 Å². The fourth-order valence-electron chi connectivity index (χ4n) is 6.95. The van der Waals surface area contributed by atoms with Crippen molar-refractivity contribution in [2.24, 2.45) is 0 Å². The molecule has 53 heavy (non-hydrogen) atoms. The molecule has 0 saturated heterocycles. The number of carboxylic acid groups (broad SMARTS) is 2. The molecule has 13 nitrogen and oxygen atoms in total. The molecule has 4 rings (SSSR count). The molecule has 13 heteroatoms. The molecule has 3 aromatic carbocycles. The molecule has 0 saturated carbocycles. The third-order valence-corrected chi connectivity index (χ3v) is 9.48. The Hall–Kier alpha value is -5.72. The number of aromatic hydroxyl groups is 4. The lowest BCUT2D eigenvalue weighted by Crippen LogP contribution is -2.25. The maximum atomic E-state index is 13.8. The van der Waals surface area contributed by atoms with Crippen molar-refractivity contribution in [2.45, 2.75) is 104 Å². The number of aliphatic carboxylic acids is 2. The molecule has 1 aliphatic rings. The molecule has 0 unspecified atom stereocenters. The zero-order valence-electron chi connectivity index (χ0n) is 29.7. The number of allylic oxidation sites excluding steroid dienone is 1. The van der Waals surface area contributed by atoms with Crippen LogP contribution in [0.15, 0.2) is 18.2 Å². The van der Waals surface area contributed by atoms with Crippen LogP contribution in [0.4, 0.5) is 0 Å². The van der Waals surface area contributed by atoms with E-state index in [9.17, 15) is 64.5 Å². The van der Waals surface area contributed by atoms with Crippen LogP contribution in [-0.2, 0) is 27.2 Å². The fraction of sp³-hybridized carbons (Fsp3) is 0.400. The highest BCUT2D eigenvalue weighted by molar-refractivity contribution is 6.63. The minimum absolute atomic E-state index is 0.0558. The Morgan fingerprint density at radius 2 is 1.06 bits per heavy atom. The number of unbranched alkanes of at least 4 members (excludes halogenated alkanes) is 8. The summed E-state index contributed by atoms with van der Waals surface area (Å²) in [6.07, 6.45) is 5.97. The van der Waals surface area contributed by atoms with Gasteiger partial charge in [0.15, 0.2) is 11.6 Å². The number of Topliss-reactive ketones (excluding diaryl/α,β-unsaturated/α-hetero) is 4. The number of carbonyl (C=O) groups excluding carboxylic acids is 4. The molecule has 0 amide bonds. The summed E-state index contributed by atoms with van der Waals surface area (Å²) in [7, 11) is 0. The second-order valence-electron chi connectivity index (χ2n) is 13.4. The minimum atomic E-state index is -1.44. The highest BCUT2D eigenvalue weighted by Gasteiger charge is 2.40. The molecule has 3 aromatic rings. The largest absolute Gasteiger partial charge is 0.507 e. The number of fused-ring (bicyclic) bond motifs is 2. The summed E-state index contributed by atoms with van der Waals surface area (Å²) in [6.45, 7) is 4.04. The topological polar surface area (TPSA) is 244 Å². The second-order valence-corrected chi connectivity index (χ2v) is 13.4. The van der Waals surface area contributed by atoms with Crippen molar-refractivity contribution >= 4 is 57.2 Å². The van der Waals surface area contributed by atoms with Crippen LogP contribution in [0, 0.1) is 0 Å². The van der Waals surface area contributed by atoms with Crippen molar-refractivity contribution in [3.63, 3.8) is 0 Å². The van der Waals surface area contributed by atoms with Crippen LogP contribution in [0.2, 0.25) is 0 Å². The number of phenolic OH excluding ortho intramolecular Hbond substituents is 4. The van der Waals surface area contributed by atoms with Crippen LogP contribution in [0.3, 0.4) is 0 Å². The summed E-state index contributed by atoms with van der Waals surface area (Å²) in [5, 5.41) is 75.0. The first-order chi connectivity index (χ1) is 25.2. The van der Waals surface area contributed by atoms with Gasteiger partial charge in [0.1, 0.15) is 28.8 Å². The van der Waals surface area contributed by atoms with Crippen molar-refractivity contribution in [1.82, 2.24) is 0 Å². The molecule has 0 heterocycles. The van der Waals surface area contributed by atoms with Crippen LogP contribution >= 0.6 is 0 Å². The lowest BCUT2D eigenvalue weighted by atomic mass is 9.79. The third-order valence-electron chi connectivity index (χ3n) is 9.48. The zero-order valence-corrected chi connectivity index (χ0v) is 29.7. The van der Waals surface area contributed by atoms with Gasteiger partial charge in [0, 0.05) is 35.4 Å². The summed E-state index contributed by atoms with van der Waals surface area (Å²) < 4.78 is 0. The van der Waals surface area contributed by atoms with Gasteiger partial charge in [-0.3, -0.25) is 28.8 Å². The van der Waals surface area contributed by atoms with E-state index in [2.05, 4.69) is 0 Å². The lowest BCUT2D eigenvalue weighted by Gasteiger charge is -2.24. The van der Waals surface area contributed by atoms with E-state index in [1.807, 2.05) is 13.8 Å². The Bertz CT molecular complexity index is 2040. The van der Waals surface area contributed by atoms with Crippen LogP contribution in [0.5, 0.6) is 23.0 Å². The van der Waals surface area contributed by atoms with Crippen LogP contribution in [-0.4, -0.2) is 70.8 Å². The number of benzene rings is 3. The first kappa shape index (κ1) is 40.1. The maximum absolute atomic E-state index is 13.8. The van der Waals surface area contributed by atoms with Gasteiger partial charge in [-0.05, 0) is 36.1 Å². The van der Waals surface area contributed by atoms with Crippen LogP contribution in [0.1, 0.15) is 144 Å². The highest BCUT2D eigenvalue weighted by atomic mass is 16.4. The smallest absolute Gasteiger partial charge is 0.307 e. The summed E-state index contributed by atoms with van der Waals surface area (Å²) >= 11 is 0. The van der Waals surface area contributed by atoms with Crippen molar-refractivity contribution < 1.29 is 64.5 Å². The molecule has 1 aliphatic carbocycles. The Labute approximate surface area is 305 Å². The highest BCUT2D eigenvalue weighted by Crippen LogP contribution is 2.49. The monoisotopic (exact) mass is 732 g/mol. The molecule has 0 aromatic heterocycles. The van der Waals surface area contributed by atoms with Gasteiger partial charge < -0.3 is 35.7 Å². The number of aliphatic hydroxyl groups is 1. The average Bonchev–Trinajstić information content (AvgIpc) is 3.07. The summed E-state index contributed by atoms with van der Waals surface area (Å²) in [5.74, 6) is -11.5. The summed E-state index contributed by atoms with van der Waals surface area (Å²) in [4.78, 5) is 77.9. The Kier molecular flexibility index (Phi) is 13.0. The number of carboxylic acids is 2. The standard InChI is InChI=1S/C40H44O13/c1-3-5-7-9-11-13-24(41)30-20(17-28(45)46)15-22-32(26(43)19-27(44)33(22)37(30)50)35-39(52)34-23(36(49)40(35)53)16-21(18-29(47)48)31(38(34)51)25(42)14-12-10-8-6-4-2/h15-16,19,43-44,50-52H,3-14,17-18H2,1-2H3,(H,45,46)(H,47,48). The molecule has 0 atom stereocenters. The van der Waals surface area contributed by atoms with Gasteiger partial charge in [-0.1, -0.05) is 65.2 Å². The van der Waals surface area contributed by atoms with Gasteiger partial charge >= 0.3 is 11.9 Å². The normalized spacial score (nSPS) is 12.7. The molecule has 0 bridgehead atoms. The van der Waals surface area contributed by atoms with E-state index < -0.39 is 121 Å². The van der Waals surface area contributed by atoms with E-state index in [4.69, 9.17) is 0 Å². The van der Waals surface area contributed by atoms with Gasteiger partial charge in [0.2, 0.25) is 11.6 Å². The molecule has 0 spiro atoms. The molecule has 0 aliphatic heterocycles. The number of hydrogen-bond acceptors (Lipinski definition) is 11. The van der Waals surface area contributed by atoms with E-state index in [1.165, 1.54) is 0 Å². The Morgan fingerprint density at radius 3 is 1.57 bits per heavy atom. The molecular formula is C40H44O13. The van der Waals surface area contributed by atoms with Crippen molar-refractivity contribution in [3.05, 3.63) is 57.1 Å². The number of hydrogen-bond donors (Lipinski definition) is 7. The average molecular weight is 733 g/mol. The van der Waals surface area contributed by atoms with Gasteiger partial charge in [-0.25, -0.2) is 0 Å². The number of phenols is 4.